The number of piperidine rings is 1. The van der Waals surface area contributed by atoms with E-state index in [1.165, 1.54) is 18.9 Å². The summed E-state index contributed by atoms with van der Waals surface area (Å²) in [5.41, 5.74) is 0. The number of hydrogen-bond acceptors (Lipinski definition) is 4. The Morgan fingerprint density at radius 2 is 2.39 bits per heavy atom. The lowest BCUT2D eigenvalue weighted by molar-refractivity contribution is 0.0656. The topological polar surface area (TPSA) is 56.9 Å². The minimum Gasteiger partial charge on any atom is -0.475 e. The van der Waals surface area contributed by atoms with E-state index in [0.717, 1.165) is 13.1 Å². The zero-order chi connectivity index (χ0) is 13.1. The maximum Gasteiger partial charge on any atom is 0.371 e. The Morgan fingerprint density at radius 3 is 3.00 bits per heavy atom. The largest absolute Gasteiger partial charge is 0.475 e. The fourth-order valence-electron chi connectivity index (χ4n) is 2.45. The van der Waals surface area contributed by atoms with Crippen molar-refractivity contribution in [3.05, 3.63) is 23.7 Å². The number of hydrogen-bond donors (Lipinski definition) is 1. The Balaban J connectivity index is 1.93. The lowest BCUT2D eigenvalue weighted by atomic mass is 10.1. The summed E-state index contributed by atoms with van der Waals surface area (Å²) in [4.78, 5) is 15.3. The zero-order valence-corrected chi connectivity index (χ0v) is 10.9. The molecule has 0 spiro atoms. The summed E-state index contributed by atoms with van der Waals surface area (Å²) < 4.78 is 5.28. The van der Waals surface area contributed by atoms with E-state index in [1.54, 1.807) is 6.07 Å². The lowest BCUT2D eigenvalue weighted by Crippen LogP contribution is -2.44. The molecule has 0 saturated carbocycles. The van der Waals surface area contributed by atoms with Gasteiger partial charge >= 0.3 is 5.97 Å². The fourth-order valence-corrected chi connectivity index (χ4v) is 2.45. The van der Waals surface area contributed by atoms with Crippen LogP contribution in [0, 0.1) is 0 Å². The summed E-state index contributed by atoms with van der Waals surface area (Å²) in [5, 5.41) is 8.80. The molecule has 1 atom stereocenters. The van der Waals surface area contributed by atoms with Crippen LogP contribution in [0.2, 0.25) is 0 Å². The van der Waals surface area contributed by atoms with Crippen molar-refractivity contribution in [3.63, 3.8) is 0 Å². The third-order valence-electron chi connectivity index (χ3n) is 3.50. The number of furan rings is 1. The highest BCUT2D eigenvalue weighted by molar-refractivity contribution is 5.84. The van der Waals surface area contributed by atoms with Crippen LogP contribution in [0.5, 0.6) is 0 Å². The van der Waals surface area contributed by atoms with E-state index in [1.807, 2.05) is 0 Å². The van der Waals surface area contributed by atoms with Gasteiger partial charge in [0.2, 0.25) is 5.76 Å². The van der Waals surface area contributed by atoms with Crippen LogP contribution < -0.4 is 0 Å². The molecule has 5 nitrogen and oxygen atoms in total. The molecular weight excluding hydrogens is 232 g/mol. The summed E-state index contributed by atoms with van der Waals surface area (Å²) >= 11 is 0. The molecule has 2 rings (SSSR count). The molecule has 1 fully saturated rings. The van der Waals surface area contributed by atoms with Crippen molar-refractivity contribution in [3.8, 4) is 0 Å². The van der Waals surface area contributed by atoms with Gasteiger partial charge in [-0.15, -0.1) is 0 Å². The number of likely N-dealkylation sites (tertiary alicyclic amines) is 1. The van der Waals surface area contributed by atoms with E-state index in [9.17, 15) is 4.79 Å². The number of rotatable bonds is 4. The lowest BCUT2D eigenvalue weighted by Gasteiger charge is -2.35. The number of carbonyl (C=O) groups is 1. The first-order valence-corrected chi connectivity index (χ1v) is 6.27. The maximum absolute atomic E-state index is 10.7. The Kier molecular flexibility index (Phi) is 4.04. The summed E-state index contributed by atoms with van der Waals surface area (Å²) in [5.74, 6) is -0.288. The minimum absolute atomic E-state index is 0.0131. The molecule has 0 amide bonds. The van der Waals surface area contributed by atoms with Crippen LogP contribution in [0.3, 0.4) is 0 Å². The highest BCUT2D eigenvalue weighted by atomic mass is 16.4. The Bertz CT molecular complexity index is 416. The molecule has 5 heteroatoms. The van der Waals surface area contributed by atoms with Crippen LogP contribution in [0.1, 0.15) is 29.2 Å². The van der Waals surface area contributed by atoms with Gasteiger partial charge in [0.25, 0.3) is 0 Å². The van der Waals surface area contributed by atoms with Gasteiger partial charge in [-0.25, -0.2) is 4.79 Å². The van der Waals surface area contributed by atoms with Crippen LogP contribution in [0.15, 0.2) is 16.5 Å². The van der Waals surface area contributed by atoms with Gasteiger partial charge in [0.15, 0.2) is 0 Å². The highest BCUT2D eigenvalue weighted by Gasteiger charge is 2.22. The molecule has 0 bridgehead atoms. The van der Waals surface area contributed by atoms with Gasteiger partial charge in [0, 0.05) is 12.6 Å². The van der Waals surface area contributed by atoms with Crippen LogP contribution in [-0.2, 0) is 6.54 Å². The molecular formula is C13H20N2O3. The zero-order valence-electron chi connectivity index (χ0n) is 10.9. The summed E-state index contributed by atoms with van der Waals surface area (Å²) in [6.07, 6.45) is 2.40. The number of likely N-dealkylation sites (N-methyl/N-ethyl adjacent to an activating group) is 2. The van der Waals surface area contributed by atoms with E-state index in [2.05, 4.69) is 23.9 Å². The molecule has 18 heavy (non-hydrogen) atoms. The smallest absolute Gasteiger partial charge is 0.371 e. The molecule has 1 aliphatic heterocycles. The fraction of sp³-hybridized carbons (Fsp3) is 0.615. The molecule has 100 valence electrons. The van der Waals surface area contributed by atoms with Crippen LogP contribution in [-0.4, -0.2) is 54.1 Å². The Labute approximate surface area is 107 Å². The van der Waals surface area contributed by atoms with Crippen molar-refractivity contribution in [1.29, 1.82) is 0 Å². The monoisotopic (exact) mass is 252 g/mol. The standard InChI is InChI=1S/C13H20N2O3/c1-14-7-3-4-10(8-14)15(2)9-11-5-6-12(18-11)13(16)17/h5-6,10H,3-4,7-9H2,1-2H3,(H,16,17). The Morgan fingerprint density at radius 1 is 1.61 bits per heavy atom. The molecule has 1 saturated heterocycles. The second-order valence-corrected chi connectivity index (χ2v) is 5.04. The van der Waals surface area contributed by atoms with Crippen LogP contribution in [0.4, 0.5) is 0 Å². The predicted molar refractivity (Wildman–Crippen MR) is 67.7 cm³/mol. The molecule has 1 aromatic rings. The second kappa shape index (κ2) is 5.54. The Hall–Kier alpha value is -1.33. The van der Waals surface area contributed by atoms with E-state index in [-0.39, 0.29) is 5.76 Å². The molecule has 0 aromatic carbocycles. The summed E-state index contributed by atoms with van der Waals surface area (Å²) in [6.45, 7) is 2.88. The quantitative estimate of drug-likeness (QED) is 0.880. The molecule has 1 N–H and O–H groups in total. The molecule has 0 radical (unpaired) electrons. The number of carboxylic acids is 1. The van der Waals surface area contributed by atoms with Crippen molar-refractivity contribution >= 4 is 5.97 Å². The summed E-state index contributed by atoms with van der Waals surface area (Å²) in [7, 11) is 4.20. The molecule has 0 aliphatic carbocycles. The minimum atomic E-state index is -1.01. The normalized spacial score (nSPS) is 21.4. The van der Waals surface area contributed by atoms with Crippen molar-refractivity contribution in [2.24, 2.45) is 0 Å². The predicted octanol–water partition coefficient (Wildman–Crippen LogP) is 1.50. The average molecular weight is 252 g/mol. The summed E-state index contributed by atoms with van der Waals surface area (Å²) in [6, 6.07) is 3.77. The third-order valence-corrected chi connectivity index (χ3v) is 3.50. The molecule has 1 aliphatic rings. The van der Waals surface area contributed by atoms with Gasteiger partial charge in [0.1, 0.15) is 5.76 Å². The van der Waals surface area contributed by atoms with Crippen LogP contribution in [0.25, 0.3) is 0 Å². The van der Waals surface area contributed by atoms with E-state index in [4.69, 9.17) is 9.52 Å². The van der Waals surface area contributed by atoms with Gasteiger partial charge < -0.3 is 14.4 Å². The van der Waals surface area contributed by atoms with Crippen molar-refractivity contribution in [1.82, 2.24) is 9.80 Å². The van der Waals surface area contributed by atoms with Crippen molar-refractivity contribution < 1.29 is 14.3 Å². The molecule has 1 aromatic heterocycles. The van der Waals surface area contributed by atoms with Gasteiger partial charge in [-0.1, -0.05) is 0 Å². The second-order valence-electron chi connectivity index (χ2n) is 5.04. The van der Waals surface area contributed by atoms with E-state index < -0.39 is 5.97 Å². The number of aromatic carboxylic acids is 1. The average Bonchev–Trinajstić information content (AvgIpc) is 2.77. The van der Waals surface area contributed by atoms with E-state index >= 15 is 0 Å². The van der Waals surface area contributed by atoms with Gasteiger partial charge in [-0.2, -0.15) is 0 Å². The third kappa shape index (κ3) is 3.11. The first kappa shape index (κ1) is 13.1. The van der Waals surface area contributed by atoms with Crippen molar-refractivity contribution in [2.45, 2.75) is 25.4 Å². The SMILES string of the molecule is CN1CCCC(N(C)Cc2ccc(C(=O)O)o2)C1. The van der Waals surface area contributed by atoms with Crippen molar-refractivity contribution in [2.75, 3.05) is 27.2 Å². The number of carboxylic acid groups (broad SMARTS) is 1. The number of nitrogens with zero attached hydrogens (tertiary/aromatic N) is 2. The first-order chi connectivity index (χ1) is 8.56. The first-order valence-electron chi connectivity index (χ1n) is 6.27. The maximum atomic E-state index is 10.7. The van der Waals surface area contributed by atoms with Gasteiger partial charge in [-0.3, -0.25) is 4.90 Å². The van der Waals surface area contributed by atoms with Gasteiger partial charge in [-0.05, 0) is 45.6 Å². The van der Waals surface area contributed by atoms with Gasteiger partial charge in [0.05, 0.1) is 6.54 Å². The molecule has 2 heterocycles. The molecule has 1 unspecified atom stereocenters. The van der Waals surface area contributed by atoms with Crippen LogP contribution >= 0.6 is 0 Å². The van der Waals surface area contributed by atoms with E-state index in [0.29, 0.717) is 18.3 Å². The highest BCUT2D eigenvalue weighted by Crippen LogP contribution is 2.17.